The number of benzene rings is 1. The lowest BCUT2D eigenvalue weighted by atomic mass is 10.1. The van der Waals surface area contributed by atoms with E-state index in [1.807, 2.05) is 0 Å². The van der Waals surface area contributed by atoms with Crippen LogP contribution < -0.4 is 5.32 Å². The van der Waals surface area contributed by atoms with Crippen LogP contribution in [0.25, 0.3) is 0 Å². The minimum absolute atomic E-state index is 0. The fourth-order valence-electron chi connectivity index (χ4n) is 1.18. The molecule has 1 aromatic carbocycles. The Morgan fingerprint density at radius 3 is 2.41 bits per heavy atom. The second-order valence-corrected chi connectivity index (χ2v) is 3.02. The highest BCUT2D eigenvalue weighted by Crippen LogP contribution is 2.32. The predicted octanol–water partition coefficient (Wildman–Crippen LogP) is 3.23. The summed E-state index contributed by atoms with van der Waals surface area (Å²) in [5, 5.41) is 2.24. The third-order valence-electron chi connectivity index (χ3n) is 1.89. The first-order valence-corrected chi connectivity index (χ1v) is 4.51. The van der Waals surface area contributed by atoms with Gasteiger partial charge in [0, 0.05) is 6.54 Å². The maximum absolute atomic E-state index is 13.4. The molecule has 0 fully saturated rings. The van der Waals surface area contributed by atoms with Crippen molar-refractivity contribution in [3.05, 3.63) is 35.1 Å². The highest BCUT2D eigenvalue weighted by atomic mass is 19.4. The number of halogens is 4. The first-order valence-electron chi connectivity index (χ1n) is 4.51. The van der Waals surface area contributed by atoms with Gasteiger partial charge in [0.25, 0.3) is 5.91 Å². The van der Waals surface area contributed by atoms with Crippen LogP contribution in [0.1, 0.15) is 30.3 Å². The van der Waals surface area contributed by atoms with Gasteiger partial charge in [-0.25, -0.2) is 4.39 Å². The zero-order valence-corrected chi connectivity index (χ0v) is 8.36. The van der Waals surface area contributed by atoms with Crippen molar-refractivity contribution in [1.29, 1.82) is 0 Å². The van der Waals surface area contributed by atoms with Crippen molar-refractivity contribution >= 4 is 5.91 Å². The van der Waals surface area contributed by atoms with Crippen LogP contribution >= 0.6 is 0 Å². The Kier molecular flexibility index (Phi) is 5.12. The average molecular weight is 251 g/mol. The van der Waals surface area contributed by atoms with Gasteiger partial charge in [0.15, 0.2) is 0 Å². The van der Waals surface area contributed by atoms with Crippen molar-refractivity contribution < 1.29 is 22.4 Å². The van der Waals surface area contributed by atoms with E-state index >= 15 is 0 Å². The lowest BCUT2D eigenvalue weighted by Crippen LogP contribution is -2.25. The van der Waals surface area contributed by atoms with E-state index < -0.39 is 29.0 Å². The summed E-state index contributed by atoms with van der Waals surface area (Å²) < 4.78 is 50.3. The molecule has 6 heteroatoms. The normalized spacial score (nSPS) is 10.6. The van der Waals surface area contributed by atoms with Gasteiger partial charge in [-0.2, -0.15) is 13.2 Å². The number of carbonyl (C=O) groups is 1. The lowest BCUT2D eigenvalue weighted by molar-refractivity contribution is -0.140. The van der Waals surface area contributed by atoms with E-state index in [4.69, 9.17) is 0 Å². The Hall–Kier alpha value is -1.59. The zero-order valence-electron chi connectivity index (χ0n) is 8.36. The van der Waals surface area contributed by atoms with Crippen LogP contribution in [0, 0.1) is 5.82 Å². The molecule has 17 heavy (non-hydrogen) atoms. The largest absolute Gasteiger partial charge is 0.419 e. The van der Waals surface area contributed by atoms with E-state index in [-0.39, 0.29) is 14.0 Å². The van der Waals surface area contributed by atoms with Crippen LogP contribution in [0.3, 0.4) is 0 Å². The first-order chi connectivity index (χ1) is 7.38. The fraction of sp³-hybridized carbons (Fsp3) is 0.364. The van der Waals surface area contributed by atoms with Crippen molar-refractivity contribution in [2.45, 2.75) is 20.5 Å². The molecule has 1 amide bonds. The van der Waals surface area contributed by atoms with E-state index in [2.05, 4.69) is 5.32 Å². The van der Waals surface area contributed by atoms with E-state index in [1.54, 1.807) is 6.92 Å². The molecule has 0 unspecified atom stereocenters. The third-order valence-corrected chi connectivity index (χ3v) is 1.89. The molecule has 96 valence electrons. The van der Waals surface area contributed by atoms with E-state index in [0.717, 1.165) is 12.1 Å². The second kappa shape index (κ2) is 5.65. The van der Waals surface area contributed by atoms with Crippen LogP contribution in [-0.2, 0) is 6.18 Å². The summed E-state index contributed by atoms with van der Waals surface area (Å²) in [6.07, 6.45) is -4.80. The van der Waals surface area contributed by atoms with Crippen molar-refractivity contribution in [3.63, 3.8) is 0 Å². The highest BCUT2D eigenvalue weighted by molar-refractivity contribution is 5.94. The van der Waals surface area contributed by atoms with Crippen LogP contribution in [-0.4, -0.2) is 12.5 Å². The Balaban J connectivity index is 0.00000256. The van der Waals surface area contributed by atoms with Crippen molar-refractivity contribution in [3.8, 4) is 0 Å². The number of nitrogens with one attached hydrogen (secondary N) is 1. The zero-order chi connectivity index (χ0) is 12.3. The number of hydrogen-bond acceptors (Lipinski definition) is 1. The maximum Gasteiger partial charge on any atom is 0.419 e. The SMILES string of the molecule is C.CCNC(=O)c1cccc(C(F)(F)F)c1F. The summed E-state index contributed by atoms with van der Waals surface area (Å²) >= 11 is 0. The average Bonchev–Trinajstić information content (AvgIpc) is 2.16. The van der Waals surface area contributed by atoms with Crippen molar-refractivity contribution in [1.82, 2.24) is 5.32 Å². The maximum atomic E-state index is 13.4. The molecule has 0 aliphatic rings. The Labute approximate surface area is 96.6 Å². The molecule has 0 aliphatic carbocycles. The fourth-order valence-corrected chi connectivity index (χ4v) is 1.18. The number of rotatable bonds is 2. The Morgan fingerprint density at radius 2 is 1.94 bits per heavy atom. The summed E-state index contributed by atoms with van der Waals surface area (Å²) in [7, 11) is 0. The summed E-state index contributed by atoms with van der Waals surface area (Å²) in [6.45, 7) is 1.80. The molecule has 1 N–H and O–H groups in total. The number of amides is 1. The summed E-state index contributed by atoms with van der Waals surface area (Å²) in [5.74, 6) is -2.40. The highest BCUT2D eigenvalue weighted by Gasteiger charge is 2.35. The van der Waals surface area contributed by atoms with Crippen LogP contribution in [0.2, 0.25) is 0 Å². The van der Waals surface area contributed by atoms with Crippen molar-refractivity contribution in [2.24, 2.45) is 0 Å². The quantitative estimate of drug-likeness (QED) is 0.803. The van der Waals surface area contributed by atoms with Gasteiger partial charge in [0.2, 0.25) is 0 Å². The monoisotopic (exact) mass is 251 g/mol. The molecule has 0 saturated heterocycles. The molecule has 0 aliphatic heterocycles. The number of carbonyl (C=O) groups excluding carboxylic acids is 1. The predicted molar refractivity (Wildman–Crippen MR) is 56.1 cm³/mol. The lowest BCUT2D eigenvalue weighted by Gasteiger charge is -2.10. The second-order valence-electron chi connectivity index (χ2n) is 3.02. The molecule has 1 rings (SSSR count). The van der Waals surface area contributed by atoms with Gasteiger partial charge in [-0.15, -0.1) is 0 Å². The Morgan fingerprint density at radius 1 is 1.35 bits per heavy atom. The summed E-state index contributed by atoms with van der Waals surface area (Å²) in [6, 6.07) is 2.60. The van der Waals surface area contributed by atoms with Gasteiger partial charge in [-0.3, -0.25) is 4.79 Å². The molecule has 0 radical (unpaired) electrons. The first kappa shape index (κ1) is 15.4. The molecule has 1 aromatic rings. The van der Waals surface area contributed by atoms with Gasteiger partial charge in [-0.1, -0.05) is 13.5 Å². The van der Waals surface area contributed by atoms with Crippen LogP contribution in [0.15, 0.2) is 18.2 Å². The standard InChI is InChI=1S/C10H9F4NO.CH4/c1-2-15-9(16)6-4-3-5-7(8(6)11)10(12,13)14;/h3-5H,2H2,1H3,(H,15,16);1H4. The molecule has 2 nitrogen and oxygen atoms in total. The molecular weight excluding hydrogens is 238 g/mol. The molecular formula is C11H13F4NO. The van der Waals surface area contributed by atoms with E-state index in [9.17, 15) is 22.4 Å². The molecule has 0 saturated carbocycles. The van der Waals surface area contributed by atoms with Gasteiger partial charge < -0.3 is 5.32 Å². The van der Waals surface area contributed by atoms with Crippen LogP contribution in [0.5, 0.6) is 0 Å². The number of hydrogen-bond donors (Lipinski definition) is 1. The van der Waals surface area contributed by atoms with Gasteiger partial charge in [-0.05, 0) is 19.1 Å². The molecule has 0 atom stereocenters. The summed E-state index contributed by atoms with van der Waals surface area (Å²) in [5.41, 5.74) is -2.03. The molecule has 0 spiro atoms. The minimum Gasteiger partial charge on any atom is -0.352 e. The van der Waals surface area contributed by atoms with Gasteiger partial charge >= 0.3 is 6.18 Å². The molecule has 0 bridgehead atoms. The van der Waals surface area contributed by atoms with E-state index in [1.165, 1.54) is 0 Å². The van der Waals surface area contributed by atoms with Gasteiger partial charge in [0.1, 0.15) is 5.82 Å². The topological polar surface area (TPSA) is 29.1 Å². The van der Waals surface area contributed by atoms with Crippen molar-refractivity contribution in [2.75, 3.05) is 6.54 Å². The minimum atomic E-state index is -4.80. The Bertz CT molecular complexity index is 401. The summed E-state index contributed by atoms with van der Waals surface area (Å²) in [4.78, 5) is 11.2. The third kappa shape index (κ3) is 3.44. The molecule has 0 aromatic heterocycles. The smallest absolute Gasteiger partial charge is 0.352 e. The van der Waals surface area contributed by atoms with Crippen LogP contribution in [0.4, 0.5) is 17.6 Å². The van der Waals surface area contributed by atoms with Gasteiger partial charge in [0.05, 0.1) is 11.1 Å². The van der Waals surface area contributed by atoms with E-state index in [0.29, 0.717) is 6.07 Å². The molecule has 0 heterocycles. The number of alkyl halides is 3.